The van der Waals surface area contributed by atoms with Crippen molar-refractivity contribution in [1.82, 2.24) is 15.5 Å². The normalized spacial score (nSPS) is 24.5. The second kappa shape index (κ2) is 7.50. The van der Waals surface area contributed by atoms with Crippen LogP contribution in [0.2, 0.25) is 0 Å². The average Bonchev–Trinajstić information content (AvgIpc) is 2.87. The van der Waals surface area contributed by atoms with Gasteiger partial charge in [-0.3, -0.25) is 0 Å². The molecule has 3 atom stereocenters. The molecule has 118 valence electrons. The van der Waals surface area contributed by atoms with Crippen molar-refractivity contribution in [1.29, 1.82) is 0 Å². The first-order valence-corrected chi connectivity index (χ1v) is 7.82. The first-order valence-electron chi connectivity index (χ1n) is 7.82. The van der Waals surface area contributed by atoms with Crippen molar-refractivity contribution in [3.63, 3.8) is 0 Å². The smallest absolute Gasteiger partial charge is 0.315 e. The summed E-state index contributed by atoms with van der Waals surface area (Å²) in [5.41, 5.74) is 0. The van der Waals surface area contributed by atoms with Gasteiger partial charge in [0.1, 0.15) is 5.76 Å². The quantitative estimate of drug-likeness (QED) is 0.876. The number of furan rings is 1. The largest absolute Gasteiger partial charge is 0.467 e. The highest BCUT2D eigenvalue weighted by Gasteiger charge is 2.23. The summed E-state index contributed by atoms with van der Waals surface area (Å²) in [6.07, 6.45) is 2.91. The van der Waals surface area contributed by atoms with Gasteiger partial charge in [0.2, 0.25) is 0 Å². The van der Waals surface area contributed by atoms with Crippen molar-refractivity contribution in [2.24, 2.45) is 11.8 Å². The van der Waals surface area contributed by atoms with Crippen LogP contribution in [0.4, 0.5) is 4.79 Å². The molecule has 1 aliphatic heterocycles. The third-order valence-corrected chi connectivity index (χ3v) is 3.86. The molecule has 1 fully saturated rings. The Morgan fingerprint density at radius 3 is 2.76 bits per heavy atom. The summed E-state index contributed by atoms with van der Waals surface area (Å²) < 4.78 is 5.18. The van der Waals surface area contributed by atoms with Crippen molar-refractivity contribution in [2.45, 2.75) is 39.8 Å². The number of amides is 2. The van der Waals surface area contributed by atoms with Gasteiger partial charge in [0, 0.05) is 25.7 Å². The summed E-state index contributed by atoms with van der Waals surface area (Å²) in [7, 11) is 0. The minimum absolute atomic E-state index is 0.138. The van der Waals surface area contributed by atoms with Gasteiger partial charge in [0.25, 0.3) is 0 Å². The summed E-state index contributed by atoms with van der Waals surface area (Å²) in [4.78, 5) is 14.3. The Bertz CT molecular complexity index is 423. The Balaban J connectivity index is 1.68. The molecule has 3 unspecified atom stereocenters. The van der Waals surface area contributed by atoms with E-state index in [9.17, 15) is 4.79 Å². The van der Waals surface area contributed by atoms with E-state index < -0.39 is 0 Å². The number of carbonyl (C=O) groups excluding carboxylic acids is 1. The van der Waals surface area contributed by atoms with Crippen LogP contribution in [-0.4, -0.2) is 36.6 Å². The Morgan fingerprint density at radius 2 is 2.14 bits per heavy atom. The van der Waals surface area contributed by atoms with Gasteiger partial charge in [-0.25, -0.2) is 4.79 Å². The lowest BCUT2D eigenvalue weighted by molar-refractivity contribution is 0.131. The Hall–Kier alpha value is -1.49. The minimum atomic E-state index is -0.142. The van der Waals surface area contributed by atoms with Gasteiger partial charge in [-0.1, -0.05) is 13.8 Å². The van der Waals surface area contributed by atoms with Crippen LogP contribution in [0.25, 0.3) is 0 Å². The van der Waals surface area contributed by atoms with Gasteiger partial charge in [-0.05, 0) is 37.3 Å². The lowest BCUT2D eigenvalue weighted by Gasteiger charge is -2.36. The number of nitrogens with one attached hydrogen (secondary N) is 2. The van der Waals surface area contributed by atoms with E-state index in [1.165, 1.54) is 6.42 Å². The minimum Gasteiger partial charge on any atom is -0.467 e. The maximum atomic E-state index is 11.8. The molecule has 1 aromatic heterocycles. The second-order valence-electron chi connectivity index (χ2n) is 6.47. The number of hydrogen-bond donors (Lipinski definition) is 2. The molecule has 2 heterocycles. The molecule has 0 spiro atoms. The predicted molar refractivity (Wildman–Crippen MR) is 82.9 cm³/mol. The lowest BCUT2D eigenvalue weighted by Crippen LogP contribution is -2.49. The van der Waals surface area contributed by atoms with Crippen molar-refractivity contribution in [3.8, 4) is 0 Å². The highest BCUT2D eigenvalue weighted by molar-refractivity contribution is 5.74. The number of rotatable bonds is 5. The van der Waals surface area contributed by atoms with Crippen molar-refractivity contribution in [2.75, 3.05) is 19.6 Å². The van der Waals surface area contributed by atoms with Crippen molar-refractivity contribution in [3.05, 3.63) is 24.2 Å². The van der Waals surface area contributed by atoms with Crippen LogP contribution in [0.5, 0.6) is 0 Å². The topological polar surface area (TPSA) is 57.5 Å². The highest BCUT2D eigenvalue weighted by atomic mass is 16.3. The molecule has 0 aromatic carbocycles. The molecular weight excluding hydrogens is 266 g/mol. The van der Waals surface area contributed by atoms with Gasteiger partial charge >= 0.3 is 6.03 Å². The molecular formula is C16H27N3O2. The van der Waals surface area contributed by atoms with Crippen LogP contribution in [0.3, 0.4) is 0 Å². The highest BCUT2D eigenvalue weighted by Crippen LogP contribution is 2.20. The second-order valence-corrected chi connectivity index (χ2v) is 6.47. The monoisotopic (exact) mass is 293 g/mol. The predicted octanol–water partition coefficient (Wildman–Crippen LogP) is 2.45. The molecule has 1 aliphatic rings. The van der Waals surface area contributed by atoms with E-state index in [1.807, 2.05) is 12.1 Å². The molecule has 5 heteroatoms. The fourth-order valence-electron chi connectivity index (χ4n) is 3.23. The third kappa shape index (κ3) is 5.42. The first kappa shape index (κ1) is 15.9. The van der Waals surface area contributed by atoms with Crippen LogP contribution in [0.1, 0.15) is 33.0 Å². The number of likely N-dealkylation sites (tertiary alicyclic amines) is 1. The maximum Gasteiger partial charge on any atom is 0.315 e. The van der Waals surface area contributed by atoms with Gasteiger partial charge in [-0.15, -0.1) is 0 Å². The molecule has 0 saturated carbocycles. The number of hydrogen-bond acceptors (Lipinski definition) is 3. The van der Waals surface area contributed by atoms with Gasteiger partial charge in [0.15, 0.2) is 0 Å². The van der Waals surface area contributed by atoms with Crippen LogP contribution in [0.15, 0.2) is 22.8 Å². The van der Waals surface area contributed by atoms with E-state index in [-0.39, 0.29) is 12.1 Å². The standard InChI is InChI=1S/C16H27N3O2/c1-12-7-13(2)10-19(9-12)11-14(3)18-16(20)17-8-15-5-4-6-21-15/h4-6,12-14H,7-11H2,1-3H3,(H2,17,18,20). The van der Waals surface area contributed by atoms with E-state index in [2.05, 4.69) is 36.3 Å². The molecule has 2 N–H and O–H groups in total. The van der Waals surface area contributed by atoms with Gasteiger partial charge in [-0.2, -0.15) is 0 Å². The summed E-state index contributed by atoms with van der Waals surface area (Å²) in [6.45, 7) is 10.2. The lowest BCUT2D eigenvalue weighted by atomic mass is 9.92. The fraction of sp³-hybridized carbons (Fsp3) is 0.688. The number of piperidine rings is 1. The molecule has 0 bridgehead atoms. The number of nitrogens with zero attached hydrogens (tertiary/aromatic N) is 1. The van der Waals surface area contributed by atoms with Crippen molar-refractivity contribution >= 4 is 6.03 Å². The third-order valence-electron chi connectivity index (χ3n) is 3.86. The van der Waals surface area contributed by atoms with Gasteiger partial charge in [0.05, 0.1) is 12.8 Å². The molecule has 0 radical (unpaired) electrons. The Kier molecular flexibility index (Phi) is 5.67. The Labute approximate surface area is 127 Å². The van der Waals surface area contributed by atoms with Crippen LogP contribution < -0.4 is 10.6 Å². The maximum absolute atomic E-state index is 11.8. The van der Waals surface area contributed by atoms with Crippen LogP contribution in [-0.2, 0) is 6.54 Å². The van der Waals surface area contributed by atoms with Crippen LogP contribution >= 0.6 is 0 Å². The zero-order valence-electron chi connectivity index (χ0n) is 13.3. The molecule has 2 rings (SSSR count). The van der Waals surface area contributed by atoms with E-state index in [1.54, 1.807) is 6.26 Å². The average molecular weight is 293 g/mol. The van der Waals surface area contributed by atoms with Gasteiger partial charge < -0.3 is 20.0 Å². The molecule has 2 amide bonds. The van der Waals surface area contributed by atoms with E-state index in [4.69, 9.17) is 4.42 Å². The molecule has 0 aliphatic carbocycles. The SMILES string of the molecule is CC1CC(C)CN(CC(C)NC(=O)NCc2ccco2)C1. The summed E-state index contributed by atoms with van der Waals surface area (Å²) in [6, 6.07) is 3.66. The molecule has 5 nitrogen and oxygen atoms in total. The van der Waals surface area contributed by atoms with E-state index in [0.29, 0.717) is 6.54 Å². The van der Waals surface area contributed by atoms with E-state index in [0.717, 1.165) is 37.2 Å². The summed E-state index contributed by atoms with van der Waals surface area (Å²) in [5, 5.41) is 5.79. The molecule has 1 saturated heterocycles. The summed E-state index contributed by atoms with van der Waals surface area (Å²) in [5.74, 6) is 2.25. The zero-order chi connectivity index (χ0) is 15.2. The van der Waals surface area contributed by atoms with Crippen molar-refractivity contribution < 1.29 is 9.21 Å². The molecule has 21 heavy (non-hydrogen) atoms. The van der Waals surface area contributed by atoms with E-state index >= 15 is 0 Å². The first-order chi connectivity index (χ1) is 10.0. The summed E-state index contributed by atoms with van der Waals surface area (Å²) >= 11 is 0. The van der Waals surface area contributed by atoms with Crippen LogP contribution in [0, 0.1) is 11.8 Å². The molecule has 1 aromatic rings. The number of carbonyl (C=O) groups is 1. The fourth-order valence-corrected chi connectivity index (χ4v) is 3.23. The zero-order valence-corrected chi connectivity index (χ0v) is 13.3. The number of urea groups is 1. The Morgan fingerprint density at radius 1 is 1.43 bits per heavy atom.